The Balaban J connectivity index is 1.37. The van der Waals surface area contributed by atoms with Crippen LogP contribution < -0.4 is 28.7 Å². The van der Waals surface area contributed by atoms with Crippen LogP contribution in [0.4, 0.5) is 34.1 Å². The number of anilines is 6. The summed E-state index contributed by atoms with van der Waals surface area (Å²) in [5.41, 5.74) is 8.13. The van der Waals surface area contributed by atoms with E-state index >= 15 is 0 Å². The van der Waals surface area contributed by atoms with Crippen molar-refractivity contribution in [2.45, 2.75) is 0 Å². The van der Waals surface area contributed by atoms with Gasteiger partial charge in [-0.05, 0) is 132 Å². The maximum atomic E-state index is 5.42. The molecule has 0 fully saturated rings. The first-order valence-corrected chi connectivity index (χ1v) is 16.8. The van der Waals surface area contributed by atoms with E-state index in [1.54, 1.807) is 28.4 Å². The van der Waals surface area contributed by atoms with Gasteiger partial charge in [-0.3, -0.25) is 0 Å². The van der Waals surface area contributed by atoms with E-state index in [0.717, 1.165) is 77.2 Å². The Labute approximate surface area is 298 Å². The van der Waals surface area contributed by atoms with Gasteiger partial charge in [0.15, 0.2) is 0 Å². The topological polar surface area (TPSA) is 43.4 Å². The predicted molar refractivity (Wildman–Crippen MR) is 203 cm³/mol. The van der Waals surface area contributed by atoms with Crippen LogP contribution in [0.2, 0.25) is 0 Å². The molecule has 6 aromatic carbocycles. The minimum absolute atomic E-state index is 0.802. The molecule has 0 aliphatic carbocycles. The number of halogens is 2. The normalized spacial score (nSPS) is 10.7. The molecule has 48 heavy (non-hydrogen) atoms. The summed E-state index contributed by atoms with van der Waals surface area (Å²) in [7, 11) is 6.69. The van der Waals surface area contributed by atoms with E-state index < -0.39 is 0 Å². The summed E-state index contributed by atoms with van der Waals surface area (Å²) in [5, 5.41) is 0. The van der Waals surface area contributed by atoms with E-state index in [1.807, 2.05) is 48.5 Å². The maximum absolute atomic E-state index is 5.42. The largest absolute Gasteiger partial charge is 0.497 e. The molecule has 242 valence electrons. The van der Waals surface area contributed by atoms with Gasteiger partial charge in [-0.2, -0.15) is 0 Å². The molecule has 0 saturated carbocycles. The van der Waals surface area contributed by atoms with Gasteiger partial charge in [0.2, 0.25) is 0 Å². The molecule has 0 radical (unpaired) electrons. The van der Waals surface area contributed by atoms with Gasteiger partial charge in [0.1, 0.15) is 23.0 Å². The molecule has 6 nitrogen and oxygen atoms in total. The molecular formula is C40H34Br2N2O4. The second-order valence-corrected chi connectivity index (χ2v) is 12.5. The smallest absolute Gasteiger partial charge is 0.119 e. The van der Waals surface area contributed by atoms with E-state index in [2.05, 4.69) is 127 Å². The van der Waals surface area contributed by atoms with Crippen LogP contribution in [0.15, 0.2) is 142 Å². The number of nitrogens with zero attached hydrogens (tertiary/aromatic N) is 2. The molecule has 0 aliphatic rings. The zero-order valence-corrected chi connectivity index (χ0v) is 30.2. The molecule has 0 spiro atoms. The molecule has 0 saturated heterocycles. The second-order valence-electron chi connectivity index (χ2n) is 10.8. The average molecular weight is 767 g/mol. The SMILES string of the molecule is COc1ccc(N(c2ccc(OC)cc2)c2ccc(-c3ccc(N(c4ccc(OC)cc4)c4ccc(OC)cc4)cc3Br)c(Br)c2)cc1. The van der Waals surface area contributed by atoms with Gasteiger partial charge < -0.3 is 28.7 Å². The van der Waals surface area contributed by atoms with Crippen molar-refractivity contribution in [2.24, 2.45) is 0 Å². The first-order valence-electron chi connectivity index (χ1n) is 15.2. The van der Waals surface area contributed by atoms with Gasteiger partial charge in [0.05, 0.1) is 28.4 Å². The van der Waals surface area contributed by atoms with Gasteiger partial charge in [0.25, 0.3) is 0 Å². The van der Waals surface area contributed by atoms with Crippen molar-refractivity contribution in [3.8, 4) is 34.1 Å². The summed E-state index contributed by atoms with van der Waals surface area (Å²) in [5.74, 6) is 3.21. The van der Waals surface area contributed by atoms with Crippen molar-refractivity contribution < 1.29 is 18.9 Å². The number of benzene rings is 6. The molecule has 0 unspecified atom stereocenters. The van der Waals surface area contributed by atoms with Crippen LogP contribution in [0.1, 0.15) is 0 Å². The van der Waals surface area contributed by atoms with E-state index in [1.165, 1.54) is 0 Å². The van der Waals surface area contributed by atoms with Gasteiger partial charge >= 0.3 is 0 Å². The number of rotatable bonds is 11. The first-order chi connectivity index (χ1) is 23.4. The maximum Gasteiger partial charge on any atom is 0.119 e. The number of ether oxygens (including phenoxy) is 4. The summed E-state index contributed by atoms with van der Waals surface area (Å²) in [6.07, 6.45) is 0. The zero-order valence-electron chi connectivity index (χ0n) is 27.0. The molecule has 0 heterocycles. The highest BCUT2D eigenvalue weighted by atomic mass is 79.9. The first kappa shape index (κ1) is 33.0. The number of hydrogen-bond donors (Lipinski definition) is 0. The summed E-state index contributed by atoms with van der Waals surface area (Å²) in [6.45, 7) is 0. The number of methoxy groups -OCH3 is 4. The Morgan fingerprint density at radius 1 is 0.333 bits per heavy atom. The van der Waals surface area contributed by atoms with Crippen LogP contribution >= 0.6 is 31.9 Å². The molecule has 6 rings (SSSR count). The Hall–Kier alpha value is -4.92. The lowest BCUT2D eigenvalue weighted by Gasteiger charge is -2.27. The summed E-state index contributed by atoms with van der Waals surface area (Å²) in [6, 6.07) is 45.0. The molecule has 0 aliphatic heterocycles. The van der Waals surface area contributed by atoms with Gasteiger partial charge in [0, 0.05) is 43.1 Å². The Kier molecular flexibility index (Phi) is 10.2. The minimum Gasteiger partial charge on any atom is -0.497 e. The molecule has 0 bridgehead atoms. The molecule has 0 atom stereocenters. The van der Waals surface area contributed by atoms with Crippen molar-refractivity contribution in [1.82, 2.24) is 0 Å². The third kappa shape index (κ3) is 7.00. The van der Waals surface area contributed by atoms with Crippen molar-refractivity contribution in [2.75, 3.05) is 38.2 Å². The quantitative estimate of drug-likeness (QED) is 0.131. The van der Waals surface area contributed by atoms with Crippen molar-refractivity contribution in [1.29, 1.82) is 0 Å². The molecule has 0 N–H and O–H groups in total. The Bertz CT molecular complexity index is 1740. The van der Waals surface area contributed by atoms with Crippen LogP contribution in [0.5, 0.6) is 23.0 Å². The third-order valence-corrected chi connectivity index (χ3v) is 9.35. The Morgan fingerprint density at radius 2 is 0.562 bits per heavy atom. The van der Waals surface area contributed by atoms with Gasteiger partial charge in [-0.25, -0.2) is 0 Å². The van der Waals surface area contributed by atoms with E-state index in [9.17, 15) is 0 Å². The molecule has 0 aromatic heterocycles. The van der Waals surface area contributed by atoms with Crippen molar-refractivity contribution in [3.05, 3.63) is 142 Å². The average Bonchev–Trinajstić information content (AvgIpc) is 3.13. The van der Waals surface area contributed by atoms with Crippen LogP contribution in [-0.4, -0.2) is 28.4 Å². The lowest BCUT2D eigenvalue weighted by molar-refractivity contribution is 0.414. The summed E-state index contributed by atoms with van der Waals surface area (Å²) >= 11 is 7.81. The van der Waals surface area contributed by atoms with Crippen LogP contribution in [0, 0.1) is 0 Å². The predicted octanol–water partition coefficient (Wildman–Crippen LogP) is 11.9. The third-order valence-electron chi connectivity index (χ3n) is 8.03. The van der Waals surface area contributed by atoms with Crippen molar-refractivity contribution in [3.63, 3.8) is 0 Å². The van der Waals surface area contributed by atoms with E-state index in [4.69, 9.17) is 18.9 Å². The Morgan fingerprint density at radius 3 is 0.771 bits per heavy atom. The fraction of sp³-hybridized carbons (Fsp3) is 0.100. The standard InChI is InChI=1S/C40H34Br2N2O4/c1-45-33-15-5-27(6-16-33)43(28-7-17-34(46-2)18-8-28)31-13-23-37(39(41)25-31)38-24-14-32(26-40(38)42)44(29-9-19-35(47-3)20-10-29)30-11-21-36(48-4)22-12-30/h5-26H,1-4H3. The highest BCUT2D eigenvalue weighted by Gasteiger charge is 2.18. The zero-order chi connectivity index (χ0) is 33.6. The highest BCUT2D eigenvalue weighted by Crippen LogP contribution is 2.44. The monoisotopic (exact) mass is 764 g/mol. The fourth-order valence-electron chi connectivity index (χ4n) is 5.54. The number of hydrogen-bond acceptors (Lipinski definition) is 6. The summed E-state index contributed by atoms with van der Waals surface area (Å²) in [4.78, 5) is 4.40. The molecule has 8 heteroatoms. The summed E-state index contributed by atoms with van der Waals surface area (Å²) < 4.78 is 23.6. The molecular weight excluding hydrogens is 732 g/mol. The van der Waals surface area contributed by atoms with Crippen LogP contribution in [0.25, 0.3) is 11.1 Å². The van der Waals surface area contributed by atoms with Gasteiger partial charge in [-0.1, -0.05) is 44.0 Å². The second kappa shape index (κ2) is 14.9. The van der Waals surface area contributed by atoms with Crippen LogP contribution in [0.3, 0.4) is 0 Å². The minimum atomic E-state index is 0.802. The lowest BCUT2D eigenvalue weighted by Crippen LogP contribution is -2.10. The molecule has 0 amide bonds. The van der Waals surface area contributed by atoms with Crippen LogP contribution in [-0.2, 0) is 0 Å². The van der Waals surface area contributed by atoms with Crippen molar-refractivity contribution >= 4 is 66.0 Å². The molecule has 6 aromatic rings. The highest BCUT2D eigenvalue weighted by molar-refractivity contribution is 9.11. The fourth-order valence-corrected chi connectivity index (χ4v) is 6.70. The van der Waals surface area contributed by atoms with Gasteiger partial charge in [-0.15, -0.1) is 0 Å². The lowest BCUT2D eigenvalue weighted by atomic mass is 10.0. The van der Waals surface area contributed by atoms with E-state index in [-0.39, 0.29) is 0 Å². The van der Waals surface area contributed by atoms with E-state index in [0.29, 0.717) is 0 Å².